The molecule has 11 rings (SSSR count). The van der Waals surface area contributed by atoms with Crippen molar-refractivity contribution >= 4 is 77.2 Å². The number of aromatic nitrogens is 1. The van der Waals surface area contributed by atoms with Crippen LogP contribution in [0.2, 0.25) is 0 Å². The minimum atomic E-state index is 0.958. The van der Waals surface area contributed by atoms with Crippen molar-refractivity contribution in [1.29, 1.82) is 0 Å². The van der Waals surface area contributed by atoms with Gasteiger partial charge in [0.2, 0.25) is 0 Å². The van der Waals surface area contributed by atoms with Gasteiger partial charge >= 0.3 is 0 Å². The molecule has 0 N–H and O–H groups in total. The third-order valence-corrected chi connectivity index (χ3v) is 11.4. The van der Waals surface area contributed by atoms with Crippen LogP contribution in [0.3, 0.4) is 0 Å². The lowest BCUT2D eigenvalue weighted by molar-refractivity contribution is 1.28. The molecule has 0 bridgehead atoms. The molecule has 0 fully saturated rings. The van der Waals surface area contributed by atoms with Gasteiger partial charge in [-0.05, 0) is 116 Å². The summed E-state index contributed by atoms with van der Waals surface area (Å²) in [7, 11) is 0. The Labute approximate surface area is 337 Å². The zero-order valence-corrected chi connectivity index (χ0v) is 31.7. The van der Waals surface area contributed by atoms with Crippen LogP contribution in [0.25, 0.3) is 65.5 Å². The molecule has 0 aliphatic carbocycles. The first kappa shape index (κ1) is 33.6. The van der Waals surface area contributed by atoms with Gasteiger partial charge in [-0.1, -0.05) is 146 Å². The predicted octanol–water partition coefficient (Wildman–Crippen LogP) is 15.4. The van der Waals surface area contributed by atoms with Crippen LogP contribution in [0.1, 0.15) is 0 Å². The number of hydrogen-bond acceptors (Lipinski definition) is 3. The summed E-state index contributed by atoms with van der Waals surface area (Å²) in [5.41, 5.74) is 11.0. The topological polar surface area (TPSA) is 19.4 Å². The van der Waals surface area contributed by atoms with Crippen LogP contribution in [0.5, 0.6) is 0 Å². The molecule has 0 aliphatic heterocycles. The van der Waals surface area contributed by atoms with E-state index in [4.69, 9.17) is 4.98 Å². The van der Waals surface area contributed by atoms with Gasteiger partial charge in [-0.15, -0.1) is 0 Å². The molecule has 11 aromatic rings. The highest BCUT2D eigenvalue weighted by Gasteiger charge is 2.20. The first-order valence-electron chi connectivity index (χ1n) is 19.8. The number of pyridine rings is 1. The van der Waals surface area contributed by atoms with Crippen molar-refractivity contribution in [3.63, 3.8) is 0 Å². The molecule has 1 heterocycles. The van der Waals surface area contributed by atoms with E-state index in [0.29, 0.717) is 0 Å². The molecule has 0 atom stereocenters. The fourth-order valence-corrected chi connectivity index (χ4v) is 8.65. The van der Waals surface area contributed by atoms with E-state index >= 15 is 0 Å². The van der Waals surface area contributed by atoms with Crippen molar-refractivity contribution < 1.29 is 0 Å². The van der Waals surface area contributed by atoms with Crippen molar-refractivity contribution in [2.45, 2.75) is 0 Å². The van der Waals surface area contributed by atoms with Gasteiger partial charge in [0.05, 0.1) is 11.4 Å². The van der Waals surface area contributed by atoms with Crippen LogP contribution in [0.4, 0.5) is 34.1 Å². The zero-order valence-electron chi connectivity index (χ0n) is 31.7. The summed E-state index contributed by atoms with van der Waals surface area (Å²) in [6.45, 7) is 0. The van der Waals surface area contributed by atoms with Crippen LogP contribution in [-0.4, -0.2) is 4.98 Å². The number of nitrogens with zero attached hydrogens (tertiary/aromatic N) is 3. The Kier molecular flexibility index (Phi) is 8.15. The van der Waals surface area contributed by atoms with Crippen LogP contribution in [-0.2, 0) is 0 Å². The molecule has 0 radical (unpaired) electrons. The Balaban J connectivity index is 0.978. The second-order valence-electron chi connectivity index (χ2n) is 14.8. The maximum absolute atomic E-state index is 5.09. The highest BCUT2D eigenvalue weighted by Crippen LogP contribution is 2.46. The third kappa shape index (κ3) is 5.80. The van der Waals surface area contributed by atoms with Crippen LogP contribution >= 0.6 is 0 Å². The van der Waals surface area contributed by atoms with E-state index in [1.54, 1.807) is 0 Å². The first-order chi connectivity index (χ1) is 28.8. The Morgan fingerprint density at radius 3 is 1.47 bits per heavy atom. The van der Waals surface area contributed by atoms with Gasteiger partial charge in [0.25, 0.3) is 0 Å². The molecule has 0 unspecified atom stereocenters. The molecule has 3 nitrogen and oxygen atoms in total. The number of para-hydroxylation sites is 3. The Morgan fingerprint density at radius 1 is 0.310 bits per heavy atom. The standard InChI is InChI=1S/C55H37N3/c1-4-14-44(15-5-1)57(45-16-6-2-7-17-45)47-28-20-39(21-29-47)43-26-34-52(56-37-43)49-31-23-40-25-33-51-53(35-27-41-24-32-50(49)54(40)55(41)51)58(46-18-8-3-9-19-46)48-30-22-38-12-10-11-13-42(38)36-48/h1-37H. The van der Waals surface area contributed by atoms with E-state index in [9.17, 15) is 0 Å². The number of hydrogen-bond donors (Lipinski definition) is 0. The van der Waals surface area contributed by atoms with E-state index in [0.717, 1.165) is 56.5 Å². The molecule has 58 heavy (non-hydrogen) atoms. The highest BCUT2D eigenvalue weighted by atomic mass is 15.1. The Bertz CT molecular complexity index is 3160. The fourth-order valence-electron chi connectivity index (χ4n) is 8.65. The Hall–Kier alpha value is -7.75. The van der Waals surface area contributed by atoms with E-state index in [1.807, 2.05) is 6.20 Å². The van der Waals surface area contributed by atoms with Crippen molar-refractivity contribution in [2.75, 3.05) is 9.80 Å². The number of rotatable bonds is 8. The summed E-state index contributed by atoms with van der Waals surface area (Å²) >= 11 is 0. The van der Waals surface area contributed by atoms with E-state index in [2.05, 4.69) is 228 Å². The summed E-state index contributed by atoms with van der Waals surface area (Å²) < 4.78 is 0. The van der Waals surface area contributed by atoms with E-state index in [1.165, 1.54) is 43.1 Å². The summed E-state index contributed by atoms with van der Waals surface area (Å²) in [6.07, 6.45) is 2.01. The average molecular weight is 740 g/mol. The van der Waals surface area contributed by atoms with Gasteiger partial charge in [0, 0.05) is 51.1 Å². The maximum atomic E-state index is 5.09. The summed E-state index contributed by atoms with van der Waals surface area (Å²) in [5, 5.41) is 9.86. The van der Waals surface area contributed by atoms with Gasteiger partial charge in [-0.3, -0.25) is 4.98 Å². The van der Waals surface area contributed by atoms with Crippen molar-refractivity contribution in [3.05, 3.63) is 225 Å². The SMILES string of the molecule is c1ccc(N(c2ccccc2)c2ccc(-c3ccc(-c4ccc5ccc6c(N(c7ccccc7)c7ccc8ccccc8c7)ccc7ccc4c5c76)nc3)cc2)cc1. The van der Waals surface area contributed by atoms with Crippen LogP contribution in [0, 0.1) is 0 Å². The summed E-state index contributed by atoms with van der Waals surface area (Å²) in [4.78, 5) is 9.77. The largest absolute Gasteiger partial charge is 0.311 e. The molecule has 0 saturated heterocycles. The lowest BCUT2D eigenvalue weighted by Crippen LogP contribution is -2.10. The maximum Gasteiger partial charge on any atom is 0.0708 e. The van der Waals surface area contributed by atoms with Gasteiger partial charge in [0.1, 0.15) is 0 Å². The summed E-state index contributed by atoms with van der Waals surface area (Å²) in [5.74, 6) is 0. The minimum absolute atomic E-state index is 0.958. The predicted molar refractivity (Wildman–Crippen MR) is 246 cm³/mol. The molecule has 0 saturated carbocycles. The molecule has 3 heteroatoms. The van der Waals surface area contributed by atoms with Crippen molar-refractivity contribution in [3.8, 4) is 22.4 Å². The number of anilines is 6. The van der Waals surface area contributed by atoms with Crippen molar-refractivity contribution in [2.24, 2.45) is 0 Å². The minimum Gasteiger partial charge on any atom is -0.311 e. The Morgan fingerprint density at radius 2 is 0.810 bits per heavy atom. The molecule has 272 valence electrons. The van der Waals surface area contributed by atoms with E-state index in [-0.39, 0.29) is 0 Å². The monoisotopic (exact) mass is 739 g/mol. The molecule has 1 aromatic heterocycles. The quantitative estimate of drug-likeness (QED) is 0.145. The second-order valence-corrected chi connectivity index (χ2v) is 14.8. The van der Waals surface area contributed by atoms with Crippen molar-refractivity contribution in [1.82, 2.24) is 4.98 Å². The van der Waals surface area contributed by atoms with Gasteiger partial charge in [-0.25, -0.2) is 0 Å². The molecule has 0 amide bonds. The lowest BCUT2D eigenvalue weighted by Gasteiger charge is -2.28. The summed E-state index contributed by atoms with van der Waals surface area (Å²) in [6, 6.07) is 78.3. The second kappa shape index (κ2) is 14.1. The molecular weight excluding hydrogens is 703 g/mol. The smallest absolute Gasteiger partial charge is 0.0708 e. The molecular formula is C55H37N3. The number of fused-ring (bicyclic) bond motifs is 1. The number of benzene rings is 10. The molecule has 10 aromatic carbocycles. The van der Waals surface area contributed by atoms with Crippen LogP contribution < -0.4 is 9.80 Å². The normalized spacial score (nSPS) is 11.4. The molecule has 0 spiro atoms. The lowest BCUT2D eigenvalue weighted by atomic mass is 9.90. The third-order valence-electron chi connectivity index (χ3n) is 11.4. The first-order valence-corrected chi connectivity index (χ1v) is 19.8. The van der Waals surface area contributed by atoms with Gasteiger partial charge in [0.15, 0.2) is 0 Å². The zero-order chi connectivity index (χ0) is 38.4. The highest BCUT2D eigenvalue weighted by molar-refractivity contribution is 6.27. The fraction of sp³-hybridized carbons (Fsp3) is 0. The average Bonchev–Trinajstić information content (AvgIpc) is 3.30. The van der Waals surface area contributed by atoms with Crippen LogP contribution in [0.15, 0.2) is 225 Å². The van der Waals surface area contributed by atoms with Gasteiger partial charge < -0.3 is 9.80 Å². The van der Waals surface area contributed by atoms with Gasteiger partial charge in [-0.2, -0.15) is 0 Å². The van der Waals surface area contributed by atoms with E-state index < -0.39 is 0 Å². The molecule has 0 aliphatic rings.